The maximum atomic E-state index is 11.1. The Morgan fingerprint density at radius 3 is 2.41 bits per heavy atom. The number of nitrogens with zero attached hydrogens (tertiary/aromatic N) is 1. The highest BCUT2D eigenvalue weighted by Gasteiger charge is 2.24. The van der Waals surface area contributed by atoms with Gasteiger partial charge in [-0.1, -0.05) is 40.2 Å². The van der Waals surface area contributed by atoms with Crippen LogP contribution in [0.25, 0.3) is 0 Å². The van der Waals surface area contributed by atoms with Gasteiger partial charge in [0.25, 0.3) is 0 Å². The largest absolute Gasteiger partial charge is 0.350 e. The number of piperidine rings is 1. The Bertz CT molecular complexity index is 510. The van der Waals surface area contributed by atoms with Crippen LogP contribution in [0.5, 0.6) is 0 Å². The molecule has 1 heterocycles. The molecule has 0 unspecified atom stereocenters. The van der Waals surface area contributed by atoms with E-state index < -0.39 is 0 Å². The molecule has 5 heteroatoms. The van der Waals surface area contributed by atoms with Crippen molar-refractivity contribution in [3.05, 3.63) is 35.4 Å². The predicted molar refractivity (Wildman–Crippen MR) is 91.0 cm³/mol. The highest BCUT2D eigenvalue weighted by atomic mass is 79.9. The smallest absolute Gasteiger partial charge is 0.217 e. The fraction of sp³-hybridized carbons (Fsp3) is 0.529. The normalized spacial score (nSPS) is 19.4. The molecule has 120 valence electrons. The Kier molecular flexibility index (Phi) is 6.15. The van der Waals surface area contributed by atoms with Crippen molar-refractivity contribution in [1.29, 1.82) is 0 Å². The Hall–Kier alpha value is -1.20. The monoisotopic (exact) mass is 366 g/mol. The first-order valence-corrected chi connectivity index (χ1v) is 8.63. The van der Waals surface area contributed by atoms with E-state index in [9.17, 15) is 9.59 Å². The van der Waals surface area contributed by atoms with Crippen LogP contribution in [0.4, 0.5) is 0 Å². The molecular weight excluding hydrogens is 344 g/mol. The Labute approximate surface area is 140 Å². The topological polar surface area (TPSA) is 49.4 Å². The lowest BCUT2D eigenvalue weighted by molar-refractivity contribution is -0.119. The molecule has 1 amide bonds. The van der Waals surface area contributed by atoms with Gasteiger partial charge in [-0.05, 0) is 36.8 Å². The van der Waals surface area contributed by atoms with Crippen LogP contribution < -0.4 is 5.32 Å². The highest BCUT2D eigenvalue weighted by molar-refractivity contribution is 9.09. The van der Waals surface area contributed by atoms with Gasteiger partial charge in [0.15, 0.2) is 0 Å². The fourth-order valence-corrected chi connectivity index (χ4v) is 3.42. The summed E-state index contributed by atoms with van der Waals surface area (Å²) in [5.41, 5.74) is 2.47. The van der Waals surface area contributed by atoms with E-state index in [0.717, 1.165) is 37.8 Å². The molecule has 1 aliphatic rings. The van der Waals surface area contributed by atoms with E-state index in [2.05, 4.69) is 50.4 Å². The summed E-state index contributed by atoms with van der Waals surface area (Å²) in [6.07, 6.45) is 3.08. The molecule has 0 aliphatic carbocycles. The quantitative estimate of drug-likeness (QED) is 0.495. The van der Waals surface area contributed by atoms with Gasteiger partial charge in [-0.15, -0.1) is 0 Å². The van der Waals surface area contributed by atoms with Gasteiger partial charge < -0.3 is 10.1 Å². The maximum absolute atomic E-state index is 11.1. The molecule has 2 atom stereocenters. The zero-order valence-corrected chi connectivity index (χ0v) is 14.7. The third-order valence-electron chi connectivity index (χ3n) is 4.32. The van der Waals surface area contributed by atoms with E-state index in [4.69, 9.17) is 0 Å². The van der Waals surface area contributed by atoms with Crippen molar-refractivity contribution in [3.8, 4) is 0 Å². The SMILES string of the molecule is CC(=O)N[C@@H](C)c1ccc(C2CCN([C@@H](Br)C=O)CC2)cc1. The number of carbonyl (C=O) groups excluding carboxylic acids is 2. The second kappa shape index (κ2) is 7.88. The first kappa shape index (κ1) is 17.2. The first-order chi connectivity index (χ1) is 10.5. The average Bonchev–Trinajstić information content (AvgIpc) is 2.54. The van der Waals surface area contributed by atoms with Crippen molar-refractivity contribution < 1.29 is 9.59 Å². The van der Waals surface area contributed by atoms with Crippen LogP contribution in [0.1, 0.15) is 49.8 Å². The minimum atomic E-state index is -0.158. The van der Waals surface area contributed by atoms with E-state index in [-0.39, 0.29) is 16.9 Å². The van der Waals surface area contributed by atoms with Crippen molar-refractivity contribution in [2.75, 3.05) is 13.1 Å². The van der Waals surface area contributed by atoms with E-state index in [0.29, 0.717) is 5.92 Å². The molecule has 1 aromatic carbocycles. The molecule has 22 heavy (non-hydrogen) atoms. The highest BCUT2D eigenvalue weighted by Crippen LogP contribution is 2.30. The second-order valence-electron chi connectivity index (χ2n) is 5.91. The number of nitrogens with one attached hydrogen (secondary N) is 1. The molecular formula is C17H23BrN2O2. The van der Waals surface area contributed by atoms with Crippen molar-refractivity contribution >= 4 is 28.1 Å². The molecule has 1 aliphatic heterocycles. The van der Waals surface area contributed by atoms with Gasteiger partial charge in [-0.25, -0.2) is 0 Å². The molecule has 1 fully saturated rings. The number of hydrogen-bond donors (Lipinski definition) is 1. The summed E-state index contributed by atoms with van der Waals surface area (Å²) in [5.74, 6) is 0.538. The zero-order valence-electron chi connectivity index (χ0n) is 13.1. The summed E-state index contributed by atoms with van der Waals surface area (Å²) >= 11 is 3.38. The van der Waals surface area contributed by atoms with Crippen LogP contribution in [-0.2, 0) is 9.59 Å². The van der Waals surface area contributed by atoms with Crippen LogP contribution in [-0.4, -0.2) is 35.1 Å². The molecule has 0 aromatic heterocycles. The number of aldehydes is 1. The Balaban J connectivity index is 1.94. The van der Waals surface area contributed by atoms with Crippen LogP contribution in [0.15, 0.2) is 24.3 Å². The van der Waals surface area contributed by atoms with Crippen LogP contribution in [0.3, 0.4) is 0 Å². The van der Waals surface area contributed by atoms with Crippen molar-refractivity contribution in [3.63, 3.8) is 0 Å². The van der Waals surface area contributed by atoms with Crippen LogP contribution in [0.2, 0.25) is 0 Å². The van der Waals surface area contributed by atoms with Gasteiger partial charge in [-0.2, -0.15) is 0 Å². The minimum absolute atomic E-state index is 0.0107. The zero-order chi connectivity index (χ0) is 16.1. The lowest BCUT2D eigenvalue weighted by Crippen LogP contribution is -2.38. The number of amides is 1. The summed E-state index contributed by atoms with van der Waals surface area (Å²) in [4.78, 5) is 23.9. The van der Waals surface area contributed by atoms with Crippen LogP contribution >= 0.6 is 15.9 Å². The van der Waals surface area contributed by atoms with Gasteiger partial charge in [0.2, 0.25) is 5.91 Å². The molecule has 0 radical (unpaired) electrons. The molecule has 2 rings (SSSR count). The fourth-order valence-electron chi connectivity index (χ4n) is 3.01. The Morgan fingerprint density at radius 1 is 1.32 bits per heavy atom. The number of hydrogen-bond acceptors (Lipinski definition) is 3. The van der Waals surface area contributed by atoms with Gasteiger partial charge in [0, 0.05) is 20.0 Å². The minimum Gasteiger partial charge on any atom is -0.350 e. The lowest BCUT2D eigenvalue weighted by Gasteiger charge is -2.33. The summed E-state index contributed by atoms with van der Waals surface area (Å²) in [6, 6.07) is 8.57. The second-order valence-corrected chi connectivity index (χ2v) is 6.85. The molecule has 1 N–H and O–H groups in total. The summed E-state index contributed by atoms with van der Waals surface area (Å²) < 4.78 is 0. The number of rotatable bonds is 5. The number of halogens is 1. The molecule has 4 nitrogen and oxygen atoms in total. The standard InChI is InChI=1S/C17H23BrN2O2/c1-12(19-13(2)22)14-3-5-15(6-4-14)16-7-9-20(10-8-16)17(18)11-21/h3-6,11-12,16-17H,7-10H2,1-2H3,(H,19,22)/t12-,17+/m0/s1. The number of benzene rings is 1. The lowest BCUT2D eigenvalue weighted by atomic mass is 9.88. The molecule has 0 saturated carbocycles. The van der Waals surface area contributed by atoms with Gasteiger partial charge in [0.1, 0.15) is 11.2 Å². The van der Waals surface area contributed by atoms with Gasteiger partial charge in [0.05, 0.1) is 6.04 Å². The molecule has 0 bridgehead atoms. The number of carbonyl (C=O) groups is 2. The van der Waals surface area contributed by atoms with E-state index in [1.807, 2.05) is 6.92 Å². The van der Waals surface area contributed by atoms with E-state index >= 15 is 0 Å². The molecule has 1 saturated heterocycles. The van der Waals surface area contributed by atoms with E-state index in [1.165, 1.54) is 12.5 Å². The molecule has 1 aromatic rings. The predicted octanol–water partition coefficient (Wildman–Crippen LogP) is 2.98. The van der Waals surface area contributed by atoms with Crippen molar-refractivity contribution in [1.82, 2.24) is 10.2 Å². The summed E-state index contributed by atoms with van der Waals surface area (Å²) in [6.45, 7) is 5.40. The van der Waals surface area contributed by atoms with Gasteiger partial charge in [-0.3, -0.25) is 9.69 Å². The maximum Gasteiger partial charge on any atom is 0.217 e. The van der Waals surface area contributed by atoms with Crippen molar-refractivity contribution in [2.45, 2.75) is 43.6 Å². The first-order valence-electron chi connectivity index (χ1n) is 7.71. The molecule has 0 spiro atoms. The number of alkyl halides is 1. The third kappa shape index (κ3) is 4.40. The number of likely N-dealkylation sites (tertiary alicyclic amines) is 1. The Morgan fingerprint density at radius 2 is 1.91 bits per heavy atom. The van der Waals surface area contributed by atoms with E-state index in [1.54, 1.807) is 0 Å². The summed E-state index contributed by atoms with van der Waals surface area (Å²) in [5, 5.41) is 2.90. The van der Waals surface area contributed by atoms with Gasteiger partial charge >= 0.3 is 0 Å². The van der Waals surface area contributed by atoms with Crippen molar-refractivity contribution in [2.24, 2.45) is 0 Å². The van der Waals surface area contributed by atoms with Crippen LogP contribution in [0, 0.1) is 0 Å². The average molecular weight is 367 g/mol. The third-order valence-corrected chi connectivity index (χ3v) is 5.11. The summed E-state index contributed by atoms with van der Waals surface area (Å²) in [7, 11) is 0.